The fourth-order valence-corrected chi connectivity index (χ4v) is 1.50. The minimum Gasteiger partial charge on any atom is -0.330 e. The molecule has 1 unspecified atom stereocenters. The smallest absolute Gasteiger partial charge is 0.251 e. The van der Waals surface area contributed by atoms with Gasteiger partial charge in [0, 0.05) is 11.8 Å². The third kappa shape index (κ3) is 1.88. The monoisotopic (exact) mass is 183 g/mol. The standard InChI is InChI=1S/C9H17N3O/c1-6(2)12-9(13)8(4-5-10)7(3)11-12/h6,8H,4-5,10H2,1-3H3. The Hall–Kier alpha value is -0.900. The number of rotatable bonds is 3. The highest BCUT2D eigenvalue weighted by Crippen LogP contribution is 2.20. The van der Waals surface area contributed by atoms with Crippen molar-refractivity contribution in [3.63, 3.8) is 0 Å². The van der Waals surface area contributed by atoms with E-state index in [9.17, 15) is 4.79 Å². The van der Waals surface area contributed by atoms with Gasteiger partial charge in [-0.25, -0.2) is 5.01 Å². The lowest BCUT2D eigenvalue weighted by atomic mass is 10.0. The second-order valence-electron chi connectivity index (χ2n) is 3.65. The van der Waals surface area contributed by atoms with Crippen molar-refractivity contribution in [3.8, 4) is 0 Å². The van der Waals surface area contributed by atoms with Gasteiger partial charge in [0.05, 0.1) is 5.92 Å². The van der Waals surface area contributed by atoms with Gasteiger partial charge in [0.15, 0.2) is 0 Å². The van der Waals surface area contributed by atoms with E-state index in [2.05, 4.69) is 5.10 Å². The molecule has 0 saturated heterocycles. The first-order valence-corrected chi connectivity index (χ1v) is 4.66. The highest BCUT2D eigenvalue weighted by molar-refractivity contribution is 6.06. The number of carbonyl (C=O) groups excluding carboxylic acids is 1. The van der Waals surface area contributed by atoms with Crippen LogP contribution in [0, 0.1) is 5.92 Å². The van der Waals surface area contributed by atoms with Crippen LogP contribution in [0.4, 0.5) is 0 Å². The van der Waals surface area contributed by atoms with Crippen molar-refractivity contribution in [2.24, 2.45) is 16.8 Å². The average Bonchev–Trinajstić information content (AvgIpc) is 2.32. The molecule has 4 heteroatoms. The van der Waals surface area contributed by atoms with Gasteiger partial charge in [-0.15, -0.1) is 0 Å². The van der Waals surface area contributed by atoms with E-state index in [0.29, 0.717) is 13.0 Å². The van der Waals surface area contributed by atoms with E-state index in [1.54, 1.807) is 5.01 Å². The van der Waals surface area contributed by atoms with E-state index in [1.807, 2.05) is 20.8 Å². The topological polar surface area (TPSA) is 58.7 Å². The summed E-state index contributed by atoms with van der Waals surface area (Å²) in [6, 6.07) is 0.144. The van der Waals surface area contributed by atoms with Gasteiger partial charge in [0.25, 0.3) is 5.91 Å². The number of hydrogen-bond acceptors (Lipinski definition) is 3. The molecule has 0 radical (unpaired) electrons. The molecule has 1 aliphatic heterocycles. The van der Waals surface area contributed by atoms with Crippen molar-refractivity contribution in [1.29, 1.82) is 0 Å². The van der Waals surface area contributed by atoms with Crippen LogP contribution in [0.15, 0.2) is 5.10 Å². The maximum absolute atomic E-state index is 11.7. The number of hydrazone groups is 1. The highest BCUT2D eigenvalue weighted by atomic mass is 16.2. The van der Waals surface area contributed by atoms with Gasteiger partial charge >= 0.3 is 0 Å². The Bertz CT molecular complexity index is 235. The third-order valence-corrected chi connectivity index (χ3v) is 2.24. The zero-order valence-corrected chi connectivity index (χ0v) is 8.45. The number of amides is 1. The SMILES string of the molecule is CC1=NN(C(C)C)C(=O)C1CCN. The zero-order chi connectivity index (χ0) is 10.0. The normalized spacial score (nSPS) is 22.8. The molecule has 1 atom stereocenters. The predicted molar refractivity (Wildman–Crippen MR) is 52.3 cm³/mol. The van der Waals surface area contributed by atoms with Crippen LogP contribution >= 0.6 is 0 Å². The van der Waals surface area contributed by atoms with Crippen LogP contribution in [0.1, 0.15) is 27.2 Å². The van der Waals surface area contributed by atoms with Crippen molar-refractivity contribution in [2.45, 2.75) is 33.2 Å². The summed E-state index contributed by atoms with van der Waals surface area (Å²) in [4.78, 5) is 11.7. The molecule has 0 aromatic rings. The van der Waals surface area contributed by atoms with Gasteiger partial charge in [-0.05, 0) is 33.7 Å². The van der Waals surface area contributed by atoms with Gasteiger partial charge in [-0.2, -0.15) is 5.10 Å². The first-order valence-electron chi connectivity index (χ1n) is 4.66. The molecule has 0 aromatic heterocycles. The molecule has 0 saturated carbocycles. The minimum atomic E-state index is -0.0765. The van der Waals surface area contributed by atoms with Gasteiger partial charge in [-0.3, -0.25) is 4.79 Å². The van der Waals surface area contributed by atoms with Gasteiger partial charge in [-0.1, -0.05) is 0 Å². The second kappa shape index (κ2) is 3.87. The molecule has 13 heavy (non-hydrogen) atoms. The lowest BCUT2D eigenvalue weighted by Crippen LogP contribution is -2.33. The summed E-state index contributed by atoms with van der Waals surface area (Å²) in [6.45, 7) is 6.34. The van der Waals surface area contributed by atoms with E-state index >= 15 is 0 Å². The summed E-state index contributed by atoms with van der Waals surface area (Å²) < 4.78 is 0. The van der Waals surface area contributed by atoms with Crippen molar-refractivity contribution < 1.29 is 4.79 Å². The Balaban J connectivity index is 2.73. The highest BCUT2D eigenvalue weighted by Gasteiger charge is 2.33. The van der Waals surface area contributed by atoms with E-state index in [-0.39, 0.29) is 17.9 Å². The molecule has 1 rings (SSSR count). The Labute approximate surface area is 78.8 Å². The summed E-state index contributed by atoms with van der Waals surface area (Å²) >= 11 is 0. The molecule has 0 fully saturated rings. The number of nitrogens with zero attached hydrogens (tertiary/aromatic N) is 2. The first kappa shape index (κ1) is 10.2. The summed E-state index contributed by atoms with van der Waals surface area (Å²) in [5, 5.41) is 5.77. The molecule has 0 aliphatic carbocycles. The van der Waals surface area contributed by atoms with Crippen molar-refractivity contribution in [1.82, 2.24) is 5.01 Å². The van der Waals surface area contributed by atoms with Crippen LogP contribution < -0.4 is 5.73 Å². The summed E-state index contributed by atoms with van der Waals surface area (Å²) in [5.41, 5.74) is 6.32. The molecule has 2 N–H and O–H groups in total. The molecular weight excluding hydrogens is 166 g/mol. The summed E-state index contributed by atoms with van der Waals surface area (Å²) in [5.74, 6) is 0.0188. The van der Waals surface area contributed by atoms with Gasteiger partial charge in [0.1, 0.15) is 0 Å². The molecule has 74 valence electrons. The lowest BCUT2D eigenvalue weighted by molar-refractivity contribution is -0.133. The molecular formula is C9H17N3O. The molecule has 1 amide bonds. The number of carbonyl (C=O) groups is 1. The van der Waals surface area contributed by atoms with Crippen molar-refractivity contribution >= 4 is 11.6 Å². The zero-order valence-electron chi connectivity index (χ0n) is 8.45. The largest absolute Gasteiger partial charge is 0.330 e. The first-order chi connectivity index (χ1) is 6.07. The van der Waals surface area contributed by atoms with Crippen LogP contribution in [-0.2, 0) is 4.79 Å². The van der Waals surface area contributed by atoms with Crippen molar-refractivity contribution in [2.75, 3.05) is 6.54 Å². The number of nitrogens with two attached hydrogens (primary N) is 1. The Morgan fingerprint density at radius 3 is 2.62 bits per heavy atom. The average molecular weight is 183 g/mol. The molecule has 1 heterocycles. The summed E-state index contributed by atoms with van der Waals surface area (Å²) in [6.07, 6.45) is 0.706. The Kier molecular flexibility index (Phi) is 3.03. The molecule has 0 bridgehead atoms. The van der Waals surface area contributed by atoms with Crippen LogP contribution in [0.25, 0.3) is 0 Å². The van der Waals surface area contributed by atoms with E-state index in [0.717, 1.165) is 5.71 Å². The summed E-state index contributed by atoms with van der Waals surface area (Å²) in [7, 11) is 0. The fourth-order valence-electron chi connectivity index (χ4n) is 1.50. The Morgan fingerprint density at radius 2 is 2.23 bits per heavy atom. The van der Waals surface area contributed by atoms with Crippen LogP contribution in [0.2, 0.25) is 0 Å². The van der Waals surface area contributed by atoms with Crippen LogP contribution in [0.5, 0.6) is 0 Å². The van der Waals surface area contributed by atoms with Gasteiger partial charge in [0.2, 0.25) is 0 Å². The van der Waals surface area contributed by atoms with E-state index in [1.165, 1.54) is 0 Å². The number of hydrogen-bond donors (Lipinski definition) is 1. The van der Waals surface area contributed by atoms with Crippen LogP contribution in [0.3, 0.4) is 0 Å². The molecule has 0 aromatic carbocycles. The minimum absolute atomic E-state index is 0.0765. The molecule has 0 spiro atoms. The third-order valence-electron chi connectivity index (χ3n) is 2.24. The maximum Gasteiger partial charge on any atom is 0.251 e. The van der Waals surface area contributed by atoms with E-state index < -0.39 is 0 Å². The molecule has 1 aliphatic rings. The Morgan fingerprint density at radius 1 is 1.62 bits per heavy atom. The van der Waals surface area contributed by atoms with Crippen molar-refractivity contribution in [3.05, 3.63) is 0 Å². The second-order valence-corrected chi connectivity index (χ2v) is 3.65. The quantitative estimate of drug-likeness (QED) is 0.695. The van der Waals surface area contributed by atoms with Crippen LogP contribution in [-0.4, -0.2) is 29.2 Å². The predicted octanol–water partition coefficient (Wildman–Crippen LogP) is 0.578. The van der Waals surface area contributed by atoms with Gasteiger partial charge < -0.3 is 5.73 Å². The maximum atomic E-state index is 11.7. The lowest BCUT2D eigenvalue weighted by Gasteiger charge is -2.17. The van der Waals surface area contributed by atoms with E-state index in [4.69, 9.17) is 5.73 Å². The fraction of sp³-hybridized carbons (Fsp3) is 0.778. The molecule has 4 nitrogen and oxygen atoms in total.